The second-order valence-electron chi connectivity index (χ2n) is 4.78. The van der Waals surface area contributed by atoms with Gasteiger partial charge in [-0.2, -0.15) is 0 Å². The van der Waals surface area contributed by atoms with Crippen LogP contribution in [0.4, 0.5) is 0 Å². The first-order chi connectivity index (χ1) is 9.34. The quantitative estimate of drug-likeness (QED) is 0.571. The Morgan fingerprint density at radius 3 is 1.63 bits per heavy atom. The molecule has 0 aromatic heterocycles. The maximum absolute atomic E-state index is 2.26. The zero-order chi connectivity index (χ0) is 13.1. The maximum Gasteiger partial charge on any atom is -0.0103 e. The molecule has 0 saturated heterocycles. The van der Waals surface area contributed by atoms with E-state index in [0.717, 1.165) is 0 Å². The van der Waals surface area contributed by atoms with Gasteiger partial charge in [0, 0.05) is 0 Å². The molecule has 0 unspecified atom stereocenters. The van der Waals surface area contributed by atoms with Gasteiger partial charge < -0.3 is 0 Å². The van der Waals surface area contributed by atoms with E-state index < -0.39 is 0 Å². The lowest BCUT2D eigenvalue weighted by Crippen LogP contribution is -1.86. The standard InChI is InChI=1S/C19H16/c1-15-12-13-18(16-8-4-2-5-9-16)19(14-15)17-10-6-3-7-11-17/h2-14H,1H3. The van der Waals surface area contributed by atoms with Gasteiger partial charge in [0.25, 0.3) is 0 Å². The molecule has 19 heavy (non-hydrogen) atoms. The molecule has 0 saturated carbocycles. The van der Waals surface area contributed by atoms with Crippen LogP contribution in [0.5, 0.6) is 0 Å². The van der Waals surface area contributed by atoms with E-state index in [1.807, 2.05) is 0 Å². The molecule has 0 fully saturated rings. The first kappa shape index (κ1) is 11.7. The Morgan fingerprint density at radius 1 is 0.526 bits per heavy atom. The highest BCUT2D eigenvalue weighted by Crippen LogP contribution is 2.32. The Kier molecular flexibility index (Phi) is 3.16. The Hall–Kier alpha value is -2.34. The second kappa shape index (κ2) is 5.11. The number of benzene rings is 3. The van der Waals surface area contributed by atoms with Crippen molar-refractivity contribution < 1.29 is 0 Å². The van der Waals surface area contributed by atoms with Crippen molar-refractivity contribution in [3.8, 4) is 22.3 Å². The van der Waals surface area contributed by atoms with Crippen molar-refractivity contribution in [2.24, 2.45) is 0 Å². The van der Waals surface area contributed by atoms with Crippen LogP contribution >= 0.6 is 0 Å². The topological polar surface area (TPSA) is 0 Å². The van der Waals surface area contributed by atoms with Crippen molar-refractivity contribution in [1.29, 1.82) is 0 Å². The van der Waals surface area contributed by atoms with Gasteiger partial charge in [-0.3, -0.25) is 0 Å². The van der Waals surface area contributed by atoms with E-state index >= 15 is 0 Å². The molecule has 0 aliphatic heterocycles. The molecule has 92 valence electrons. The first-order valence-corrected chi connectivity index (χ1v) is 6.56. The largest absolute Gasteiger partial charge is 0.0622 e. The summed E-state index contributed by atoms with van der Waals surface area (Å²) in [6, 6.07) is 27.8. The van der Waals surface area contributed by atoms with Crippen LogP contribution in [0, 0.1) is 6.92 Å². The predicted molar refractivity (Wildman–Crippen MR) is 82.1 cm³/mol. The first-order valence-electron chi connectivity index (χ1n) is 6.56. The molecular formula is C19H16. The normalized spacial score (nSPS) is 10.4. The maximum atomic E-state index is 2.26. The summed E-state index contributed by atoms with van der Waals surface area (Å²) >= 11 is 0. The monoisotopic (exact) mass is 244 g/mol. The van der Waals surface area contributed by atoms with Crippen molar-refractivity contribution in [2.75, 3.05) is 0 Å². The van der Waals surface area contributed by atoms with E-state index in [4.69, 9.17) is 0 Å². The highest BCUT2D eigenvalue weighted by Gasteiger charge is 2.06. The van der Waals surface area contributed by atoms with E-state index in [0.29, 0.717) is 0 Å². The number of hydrogen-bond donors (Lipinski definition) is 0. The zero-order valence-electron chi connectivity index (χ0n) is 11.0. The summed E-state index contributed by atoms with van der Waals surface area (Å²) in [6.07, 6.45) is 0. The van der Waals surface area contributed by atoms with Crippen LogP contribution in [0.2, 0.25) is 0 Å². The van der Waals surface area contributed by atoms with Crippen molar-refractivity contribution in [3.05, 3.63) is 84.4 Å². The highest BCUT2D eigenvalue weighted by molar-refractivity contribution is 5.83. The van der Waals surface area contributed by atoms with E-state index in [9.17, 15) is 0 Å². The molecule has 0 amide bonds. The molecule has 0 aliphatic carbocycles. The van der Waals surface area contributed by atoms with Crippen LogP contribution in [0.15, 0.2) is 78.9 Å². The fourth-order valence-electron chi connectivity index (χ4n) is 2.38. The van der Waals surface area contributed by atoms with E-state index in [1.54, 1.807) is 0 Å². The number of hydrogen-bond acceptors (Lipinski definition) is 0. The average Bonchev–Trinajstić information content (AvgIpc) is 2.49. The number of rotatable bonds is 2. The molecule has 0 nitrogen and oxygen atoms in total. The molecule has 0 atom stereocenters. The second-order valence-corrected chi connectivity index (χ2v) is 4.78. The Balaban J connectivity index is 2.21. The van der Waals surface area contributed by atoms with Gasteiger partial charge in [0.05, 0.1) is 0 Å². The fraction of sp³-hybridized carbons (Fsp3) is 0.0526. The molecule has 0 aliphatic rings. The van der Waals surface area contributed by atoms with Gasteiger partial charge in [0.15, 0.2) is 0 Å². The summed E-state index contributed by atoms with van der Waals surface area (Å²) in [4.78, 5) is 0. The third-order valence-electron chi connectivity index (χ3n) is 3.34. The molecule has 0 bridgehead atoms. The van der Waals surface area contributed by atoms with Crippen molar-refractivity contribution in [1.82, 2.24) is 0 Å². The molecule has 0 radical (unpaired) electrons. The molecule has 0 N–H and O–H groups in total. The third-order valence-corrected chi connectivity index (χ3v) is 3.34. The van der Waals surface area contributed by atoms with Crippen LogP contribution < -0.4 is 0 Å². The molecule has 3 aromatic carbocycles. The van der Waals surface area contributed by atoms with Crippen LogP contribution in [0.3, 0.4) is 0 Å². The molecule has 0 heteroatoms. The summed E-state index contributed by atoms with van der Waals surface area (Å²) in [5, 5.41) is 0. The minimum absolute atomic E-state index is 1.27. The van der Waals surface area contributed by atoms with Gasteiger partial charge in [-0.05, 0) is 29.2 Å². The lowest BCUT2D eigenvalue weighted by molar-refractivity contribution is 1.46. The van der Waals surface area contributed by atoms with Crippen LogP contribution in [-0.4, -0.2) is 0 Å². The van der Waals surface area contributed by atoms with Gasteiger partial charge in [-0.25, -0.2) is 0 Å². The van der Waals surface area contributed by atoms with Crippen LogP contribution in [0.25, 0.3) is 22.3 Å². The average molecular weight is 244 g/mol. The molecule has 0 heterocycles. The zero-order valence-corrected chi connectivity index (χ0v) is 11.0. The fourth-order valence-corrected chi connectivity index (χ4v) is 2.38. The Bertz CT molecular complexity index is 667. The van der Waals surface area contributed by atoms with Gasteiger partial charge >= 0.3 is 0 Å². The van der Waals surface area contributed by atoms with E-state index in [1.165, 1.54) is 27.8 Å². The summed E-state index contributed by atoms with van der Waals surface area (Å²) < 4.78 is 0. The minimum Gasteiger partial charge on any atom is -0.0622 e. The summed E-state index contributed by atoms with van der Waals surface area (Å²) in [5.41, 5.74) is 6.41. The summed E-state index contributed by atoms with van der Waals surface area (Å²) in [7, 11) is 0. The molecule has 3 rings (SSSR count). The molecule has 3 aromatic rings. The SMILES string of the molecule is Cc1ccc(-c2ccccc2)c(-c2ccccc2)c1. The lowest BCUT2D eigenvalue weighted by atomic mass is 9.93. The van der Waals surface area contributed by atoms with Crippen molar-refractivity contribution in [3.63, 3.8) is 0 Å². The van der Waals surface area contributed by atoms with Gasteiger partial charge in [-0.1, -0.05) is 84.4 Å². The minimum atomic E-state index is 1.27. The van der Waals surface area contributed by atoms with Crippen LogP contribution in [0.1, 0.15) is 5.56 Å². The third kappa shape index (κ3) is 2.43. The van der Waals surface area contributed by atoms with Crippen molar-refractivity contribution in [2.45, 2.75) is 6.92 Å². The van der Waals surface area contributed by atoms with E-state index in [-0.39, 0.29) is 0 Å². The highest BCUT2D eigenvalue weighted by atomic mass is 14.1. The molecule has 0 spiro atoms. The summed E-state index contributed by atoms with van der Waals surface area (Å²) in [6.45, 7) is 2.14. The van der Waals surface area contributed by atoms with Crippen molar-refractivity contribution >= 4 is 0 Å². The predicted octanol–water partition coefficient (Wildman–Crippen LogP) is 5.33. The van der Waals surface area contributed by atoms with E-state index in [2.05, 4.69) is 85.8 Å². The Labute approximate surface area is 114 Å². The van der Waals surface area contributed by atoms with Gasteiger partial charge in [0.2, 0.25) is 0 Å². The van der Waals surface area contributed by atoms with Gasteiger partial charge in [0.1, 0.15) is 0 Å². The Morgan fingerprint density at radius 2 is 1.05 bits per heavy atom. The molecular weight excluding hydrogens is 228 g/mol. The van der Waals surface area contributed by atoms with Crippen LogP contribution in [-0.2, 0) is 0 Å². The van der Waals surface area contributed by atoms with Gasteiger partial charge in [-0.15, -0.1) is 0 Å². The lowest BCUT2D eigenvalue weighted by Gasteiger charge is -2.11. The number of aryl methyl sites for hydroxylation is 1. The summed E-state index contributed by atoms with van der Waals surface area (Å²) in [5.74, 6) is 0. The smallest absolute Gasteiger partial charge is 0.0103 e.